The number of para-hydroxylation sites is 2. The van der Waals surface area contributed by atoms with Gasteiger partial charge in [0.1, 0.15) is 0 Å². The molecular weight excluding hydrogens is 458 g/mol. The van der Waals surface area contributed by atoms with E-state index in [1.54, 1.807) is 0 Å². The van der Waals surface area contributed by atoms with Crippen molar-refractivity contribution < 1.29 is 0 Å². The van der Waals surface area contributed by atoms with E-state index in [0.717, 1.165) is 25.7 Å². The number of nitrogens with zero attached hydrogens (tertiary/aromatic N) is 1. The Hall–Kier alpha value is -4.36. The van der Waals surface area contributed by atoms with Gasteiger partial charge in [0.2, 0.25) is 0 Å². The first-order valence-corrected chi connectivity index (χ1v) is 13.8. The van der Waals surface area contributed by atoms with Crippen LogP contribution in [0.5, 0.6) is 0 Å². The van der Waals surface area contributed by atoms with Crippen LogP contribution in [0, 0.1) is 0 Å². The maximum atomic E-state index is 2.40. The first-order valence-electron chi connectivity index (χ1n) is 13.8. The van der Waals surface area contributed by atoms with Crippen molar-refractivity contribution in [3.05, 3.63) is 137 Å². The summed E-state index contributed by atoms with van der Waals surface area (Å²) >= 11 is 0. The molecule has 0 atom stereocenters. The molecule has 184 valence electrons. The average molecular weight is 490 g/mol. The number of aryl methyl sites for hydroxylation is 1. The number of aromatic nitrogens is 1. The Morgan fingerprint density at radius 3 is 2.16 bits per heavy atom. The van der Waals surface area contributed by atoms with Gasteiger partial charge in [-0.1, -0.05) is 104 Å². The molecule has 1 aliphatic rings. The smallest absolute Gasteiger partial charge is 0.0541 e. The average Bonchev–Trinajstić information content (AvgIpc) is 3.32. The summed E-state index contributed by atoms with van der Waals surface area (Å²) in [5.74, 6) is 0. The van der Waals surface area contributed by atoms with Gasteiger partial charge in [0.05, 0.1) is 11.0 Å². The standard InChI is InChI=1S/C37H31N/c1-2-28-29-16-3-4-17-31(29)33-19-6-5-18-32(33)30(28)22-12-14-26-13-11-15-27(25-26)38-36-23-9-7-20-34(36)35-21-8-10-24-37(35)38/h3-4,6-13,15-17,19-25H,2,5,14,18H2,1H3/b22-12-. The van der Waals surface area contributed by atoms with E-state index in [1.807, 2.05) is 0 Å². The van der Waals surface area contributed by atoms with Crippen LogP contribution in [-0.4, -0.2) is 4.57 Å². The zero-order chi connectivity index (χ0) is 25.5. The molecule has 5 aromatic carbocycles. The largest absolute Gasteiger partial charge is 0.309 e. The molecule has 1 aromatic heterocycles. The highest BCUT2D eigenvalue weighted by Gasteiger charge is 2.17. The van der Waals surface area contributed by atoms with Crippen LogP contribution in [0.15, 0.2) is 109 Å². The fraction of sp³-hybridized carbons (Fsp3) is 0.135. The van der Waals surface area contributed by atoms with E-state index in [2.05, 4.69) is 133 Å². The van der Waals surface area contributed by atoms with Crippen LogP contribution >= 0.6 is 0 Å². The Kier molecular flexibility index (Phi) is 5.70. The quantitative estimate of drug-likeness (QED) is 0.227. The van der Waals surface area contributed by atoms with E-state index in [9.17, 15) is 0 Å². The van der Waals surface area contributed by atoms with E-state index in [0.29, 0.717) is 0 Å². The molecule has 0 spiro atoms. The number of hydrogen-bond acceptors (Lipinski definition) is 0. The molecule has 0 saturated heterocycles. The molecule has 1 heteroatoms. The van der Waals surface area contributed by atoms with Gasteiger partial charge in [-0.3, -0.25) is 0 Å². The highest BCUT2D eigenvalue weighted by Crippen LogP contribution is 2.36. The molecular formula is C37H31N. The zero-order valence-corrected chi connectivity index (χ0v) is 21.8. The summed E-state index contributed by atoms with van der Waals surface area (Å²) in [4.78, 5) is 0. The molecule has 1 aliphatic carbocycles. The maximum Gasteiger partial charge on any atom is 0.0541 e. The Morgan fingerprint density at radius 2 is 1.42 bits per heavy atom. The number of benzene rings is 5. The number of allylic oxidation sites excluding steroid dienone is 2. The highest BCUT2D eigenvalue weighted by molar-refractivity contribution is 6.09. The first kappa shape index (κ1) is 22.8. The van der Waals surface area contributed by atoms with Gasteiger partial charge >= 0.3 is 0 Å². The van der Waals surface area contributed by atoms with E-state index in [4.69, 9.17) is 0 Å². The Morgan fingerprint density at radius 1 is 0.737 bits per heavy atom. The Labute approximate surface area is 224 Å². The van der Waals surface area contributed by atoms with Gasteiger partial charge in [-0.05, 0) is 88.5 Å². The Balaban J connectivity index is 1.28. The van der Waals surface area contributed by atoms with Gasteiger partial charge in [-0.25, -0.2) is 0 Å². The maximum absolute atomic E-state index is 2.40. The van der Waals surface area contributed by atoms with Crippen LogP contribution in [0.1, 0.15) is 41.2 Å². The molecule has 0 aliphatic heterocycles. The molecule has 0 bridgehead atoms. The van der Waals surface area contributed by atoms with Gasteiger partial charge in [-0.2, -0.15) is 0 Å². The molecule has 0 N–H and O–H groups in total. The van der Waals surface area contributed by atoms with Crippen molar-refractivity contribution in [1.29, 1.82) is 0 Å². The summed E-state index contributed by atoms with van der Waals surface area (Å²) < 4.78 is 2.40. The second-order valence-corrected chi connectivity index (χ2v) is 10.3. The van der Waals surface area contributed by atoms with Crippen LogP contribution in [0.3, 0.4) is 0 Å². The third-order valence-electron chi connectivity index (χ3n) is 8.10. The fourth-order valence-electron chi connectivity index (χ4n) is 6.42. The molecule has 7 rings (SSSR count). The molecule has 0 unspecified atom stereocenters. The molecule has 1 nitrogen and oxygen atoms in total. The lowest BCUT2D eigenvalue weighted by Crippen LogP contribution is -2.03. The SMILES string of the molecule is CCc1c(/C=C\Cc2cccc(-n3c4ccccc4c4ccccc43)c2)c2c(c3ccccc13)C=CCC2. The van der Waals surface area contributed by atoms with Crippen LogP contribution in [0.4, 0.5) is 0 Å². The monoisotopic (exact) mass is 489 g/mol. The van der Waals surface area contributed by atoms with Gasteiger partial charge in [0.25, 0.3) is 0 Å². The van der Waals surface area contributed by atoms with Crippen molar-refractivity contribution in [1.82, 2.24) is 4.57 Å². The molecule has 38 heavy (non-hydrogen) atoms. The number of rotatable bonds is 5. The normalized spacial score (nSPS) is 13.2. The summed E-state index contributed by atoms with van der Waals surface area (Å²) in [7, 11) is 0. The molecule has 0 saturated carbocycles. The van der Waals surface area contributed by atoms with Crippen LogP contribution in [-0.2, 0) is 19.3 Å². The van der Waals surface area contributed by atoms with Gasteiger partial charge in [0.15, 0.2) is 0 Å². The van der Waals surface area contributed by atoms with Gasteiger partial charge in [-0.15, -0.1) is 0 Å². The van der Waals surface area contributed by atoms with E-state index in [-0.39, 0.29) is 0 Å². The fourth-order valence-corrected chi connectivity index (χ4v) is 6.42. The molecule has 1 heterocycles. The minimum Gasteiger partial charge on any atom is -0.309 e. The van der Waals surface area contributed by atoms with Crippen LogP contribution in [0.25, 0.3) is 50.4 Å². The Bertz CT molecular complexity index is 1830. The van der Waals surface area contributed by atoms with Crippen molar-refractivity contribution in [2.75, 3.05) is 0 Å². The minimum atomic E-state index is 0.908. The predicted octanol–water partition coefficient (Wildman–Crippen LogP) is 9.71. The van der Waals surface area contributed by atoms with Crippen molar-refractivity contribution in [2.24, 2.45) is 0 Å². The zero-order valence-electron chi connectivity index (χ0n) is 21.8. The van der Waals surface area contributed by atoms with Crippen LogP contribution < -0.4 is 0 Å². The van der Waals surface area contributed by atoms with E-state index < -0.39 is 0 Å². The second-order valence-electron chi connectivity index (χ2n) is 10.3. The van der Waals surface area contributed by atoms with Crippen molar-refractivity contribution in [3.63, 3.8) is 0 Å². The third-order valence-corrected chi connectivity index (χ3v) is 8.10. The summed E-state index contributed by atoms with van der Waals surface area (Å²) in [6.07, 6.45) is 13.6. The highest BCUT2D eigenvalue weighted by atomic mass is 15.0. The predicted molar refractivity (Wildman–Crippen MR) is 164 cm³/mol. The van der Waals surface area contributed by atoms with Crippen molar-refractivity contribution in [2.45, 2.75) is 32.6 Å². The second kappa shape index (κ2) is 9.50. The molecule has 6 aromatic rings. The topological polar surface area (TPSA) is 4.93 Å². The van der Waals surface area contributed by atoms with E-state index in [1.165, 1.54) is 66.1 Å². The lowest BCUT2D eigenvalue weighted by molar-refractivity contribution is 0.976. The summed E-state index contributed by atoms with van der Waals surface area (Å²) in [6, 6.07) is 35.4. The molecule has 0 amide bonds. The summed E-state index contributed by atoms with van der Waals surface area (Å²) in [5, 5.41) is 5.39. The third kappa shape index (κ3) is 3.70. The first-order chi connectivity index (χ1) is 18.8. The van der Waals surface area contributed by atoms with Gasteiger partial charge in [0, 0.05) is 16.5 Å². The summed E-state index contributed by atoms with van der Waals surface area (Å²) in [6.45, 7) is 2.29. The van der Waals surface area contributed by atoms with Gasteiger partial charge < -0.3 is 4.57 Å². The van der Waals surface area contributed by atoms with Crippen LogP contribution in [0.2, 0.25) is 0 Å². The minimum absolute atomic E-state index is 0.908. The number of fused-ring (bicyclic) bond motifs is 6. The lowest BCUT2D eigenvalue weighted by Gasteiger charge is -2.21. The lowest BCUT2D eigenvalue weighted by atomic mass is 9.83. The number of hydrogen-bond donors (Lipinski definition) is 0. The van der Waals surface area contributed by atoms with Crippen molar-refractivity contribution in [3.8, 4) is 5.69 Å². The summed E-state index contributed by atoms with van der Waals surface area (Å²) in [5.41, 5.74) is 10.9. The van der Waals surface area contributed by atoms with Crippen molar-refractivity contribution >= 4 is 44.7 Å². The molecule has 0 fully saturated rings. The van der Waals surface area contributed by atoms with E-state index >= 15 is 0 Å². The molecule has 0 radical (unpaired) electrons.